The molecule has 0 fully saturated rings. The van der Waals surface area contributed by atoms with Crippen molar-refractivity contribution >= 4 is 55.1 Å². The summed E-state index contributed by atoms with van der Waals surface area (Å²) in [5.74, 6) is -0.239. The first-order valence-electron chi connectivity index (χ1n) is 5.36. The first-order chi connectivity index (χ1) is 8.97. The van der Waals surface area contributed by atoms with Crippen molar-refractivity contribution in [2.75, 3.05) is 5.32 Å². The van der Waals surface area contributed by atoms with Crippen molar-refractivity contribution in [1.82, 2.24) is 4.98 Å². The van der Waals surface area contributed by atoms with Crippen LogP contribution in [0.15, 0.2) is 39.4 Å². The Balaban J connectivity index is 2.30. The minimum atomic E-state index is -0.239. The normalized spacial score (nSPS) is 10.3. The summed E-state index contributed by atoms with van der Waals surface area (Å²) in [5, 5.41) is 2.99. The van der Waals surface area contributed by atoms with Crippen molar-refractivity contribution in [2.45, 2.75) is 6.92 Å². The molecule has 1 heterocycles. The third-order valence-corrected chi connectivity index (χ3v) is 3.85. The number of rotatable bonds is 2. The standard InChI is InChI=1S/C13H9Br2ClN2O/c1-7-2-3-10(15)9(4-7)13(19)18-11-5-8(14)6-17-12(11)16/h2-6H,1H3,(H,18,19). The van der Waals surface area contributed by atoms with Crippen LogP contribution in [0.25, 0.3) is 0 Å². The number of aryl methyl sites for hydroxylation is 1. The number of hydrogen-bond donors (Lipinski definition) is 1. The number of halogens is 3. The van der Waals surface area contributed by atoms with Crippen LogP contribution in [0.4, 0.5) is 5.69 Å². The lowest BCUT2D eigenvalue weighted by Gasteiger charge is -2.09. The number of carbonyl (C=O) groups excluding carboxylic acids is 1. The van der Waals surface area contributed by atoms with Gasteiger partial charge in [-0.05, 0) is 57.0 Å². The van der Waals surface area contributed by atoms with E-state index in [0.717, 1.165) is 14.5 Å². The van der Waals surface area contributed by atoms with Gasteiger partial charge in [0.15, 0.2) is 5.15 Å². The van der Waals surface area contributed by atoms with Crippen molar-refractivity contribution in [3.8, 4) is 0 Å². The van der Waals surface area contributed by atoms with Crippen LogP contribution in [0.1, 0.15) is 15.9 Å². The topological polar surface area (TPSA) is 42.0 Å². The largest absolute Gasteiger partial charge is 0.319 e. The maximum absolute atomic E-state index is 12.2. The Morgan fingerprint density at radius 2 is 2.05 bits per heavy atom. The van der Waals surface area contributed by atoms with Gasteiger partial charge in [0.2, 0.25) is 0 Å². The number of aromatic nitrogens is 1. The summed E-state index contributed by atoms with van der Waals surface area (Å²) in [7, 11) is 0. The molecule has 19 heavy (non-hydrogen) atoms. The molecule has 1 aromatic heterocycles. The van der Waals surface area contributed by atoms with E-state index in [-0.39, 0.29) is 11.1 Å². The molecule has 0 saturated heterocycles. The lowest BCUT2D eigenvalue weighted by molar-refractivity contribution is 0.102. The monoisotopic (exact) mass is 402 g/mol. The van der Waals surface area contributed by atoms with Crippen LogP contribution in [0.5, 0.6) is 0 Å². The van der Waals surface area contributed by atoms with Crippen molar-refractivity contribution < 1.29 is 4.79 Å². The van der Waals surface area contributed by atoms with Gasteiger partial charge in [-0.25, -0.2) is 4.98 Å². The zero-order valence-electron chi connectivity index (χ0n) is 9.88. The number of carbonyl (C=O) groups is 1. The van der Waals surface area contributed by atoms with Gasteiger partial charge >= 0.3 is 0 Å². The van der Waals surface area contributed by atoms with E-state index in [1.54, 1.807) is 18.3 Å². The van der Waals surface area contributed by atoms with Crippen LogP contribution in [-0.2, 0) is 0 Å². The highest BCUT2D eigenvalue weighted by Gasteiger charge is 2.12. The molecule has 1 N–H and O–H groups in total. The van der Waals surface area contributed by atoms with Crippen molar-refractivity contribution in [2.24, 2.45) is 0 Å². The number of nitrogens with one attached hydrogen (secondary N) is 1. The molecule has 3 nitrogen and oxygen atoms in total. The molecule has 2 rings (SSSR count). The maximum Gasteiger partial charge on any atom is 0.256 e. The first-order valence-corrected chi connectivity index (χ1v) is 7.32. The van der Waals surface area contributed by atoms with Gasteiger partial charge < -0.3 is 5.32 Å². The Bertz CT molecular complexity index is 647. The van der Waals surface area contributed by atoms with E-state index in [1.165, 1.54) is 0 Å². The van der Waals surface area contributed by atoms with Crippen molar-refractivity contribution in [3.05, 3.63) is 55.7 Å². The molecule has 0 aliphatic rings. The highest BCUT2D eigenvalue weighted by atomic mass is 79.9. The Morgan fingerprint density at radius 1 is 1.32 bits per heavy atom. The molecule has 1 aromatic carbocycles. The van der Waals surface area contributed by atoms with Crippen molar-refractivity contribution in [1.29, 1.82) is 0 Å². The van der Waals surface area contributed by atoms with Gasteiger partial charge in [-0.3, -0.25) is 4.79 Å². The predicted octanol–water partition coefficient (Wildman–Crippen LogP) is 4.82. The second kappa shape index (κ2) is 6.03. The number of benzene rings is 1. The van der Waals surface area contributed by atoms with Gasteiger partial charge in [0.05, 0.1) is 11.3 Å². The Morgan fingerprint density at radius 3 is 2.79 bits per heavy atom. The van der Waals surface area contributed by atoms with Crippen LogP contribution in [-0.4, -0.2) is 10.9 Å². The van der Waals surface area contributed by atoms with Gasteiger partial charge in [-0.2, -0.15) is 0 Å². The second-order valence-electron chi connectivity index (χ2n) is 3.93. The molecule has 0 radical (unpaired) electrons. The number of pyridine rings is 1. The highest BCUT2D eigenvalue weighted by molar-refractivity contribution is 9.10. The van der Waals surface area contributed by atoms with E-state index in [1.807, 2.05) is 19.1 Å². The summed E-state index contributed by atoms with van der Waals surface area (Å²) >= 11 is 12.6. The quantitative estimate of drug-likeness (QED) is 0.729. The average Bonchev–Trinajstić information content (AvgIpc) is 2.36. The minimum absolute atomic E-state index is 0.239. The maximum atomic E-state index is 12.2. The molecule has 0 unspecified atom stereocenters. The lowest BCUT2D eigenvalue weighted by atomic mass is 10.1. The van der Waals surface area contributed by atoms with Gasteiger partial charge in [-0.1, -0.05) is 23.2 Å². The summed E-state index contributed by atoms with van der Waals surface area (Å²) in [6, 6.07) is 7.27. The molecule has 0 spiro atoms. The minimum Gasteiger partial charge on any atom is -0.319 e. The third kappa shape index (κ3) is 3.55. The SMILES string of the molecule is Cc1ccc(Br)c(C(=O)Nc2cc(Br)cnc2Cl)c1. The molecule has 6 heteroatoms. The van der Waals surface area contributed by atoms with E-state index in [9.17, 15) is 4.79 Å². The van der Waals surface area contributed by atoms with Crippen LogP contribution >= 0.6 is 43.5 Å². The summed E-state index contributed by atoms with van der Waals surface area (Å²) < 4.78 is 1.48. The zero-order valence-corrected chi connectivity index (χ0v) is 13.8. The summed E-state index contributed by atoms with van der Waals surface area (Å²) in [6.07, 6.45) is 1.57. The molecule has 0 saturated carbocycles. The molecule has 0 bridgehead atoms. The summed E-state index contributed by atoms with van der Waals surface area (Å²) in [4.78, 5) is 16.2. The first kappa shape index (κ1) is 14.5. The second-order valence-corrected chi connectivity index (χ2v) is 6.06. The van der Waals surface area contributed by atoms with E-state index in [2.05, 4.69) is 42.2 Å². The Hall–Kier alpha value is -0.910. The molecular weight excluding hydrogens is 395 g/mol. The molecule has 0 aliphatic heterocycles. The van der Waals surface area contributed by atoms with Crippen LogP contribution in [0.2, 0.25) is 5.15 Å². The lowest BCUT2D eigenvalue weighted by Crippen LogP contribution is -2.13. The van der Waals surface area contributed by atoms with Gasteiger partial charge in [0.1, 0.15) is 0 Å². The molecule has 0 aliphatic carbocycles. The fourth-order valence-electron chi connectivity index (χ4n) is 1.51. The zero-order chi connectivity index (χ0) is 14.0. The number of anilines is 1. The number of amides is 1. The van der Waals surface area contributed by atoms with Crippen LogP contribution < -0.4 is 5.32 Å². The summed E-state index contributed by atoms with van der Waals surface area (Å²) in [6.45, 7) is 1.93. The van der Waals surface area contributed by atoms with Gasteiger partial charge in [0, 0.05) is 15.1 Å². The summed E-state index contributed by atoms with van der Waals surface area (Å²) in [5.41, 5.74) is 2.03. The van der Waals surface area contributed by atoms with E-state index in [0.29, 0.717) is 11.3 Å². The predicted molar refractivity (Wildman–Crippen MR) is 83.8 cm³/mol. The van der Waals surface area contributed by atoms with Gasteiger partial charge in [-0.15, -0.1) is 0 Å². The molecule has 0 atom stereocenters. The fraction of sp³-hybridized carbons (Fsp3) is 0.0769. The van der Waals surface area contributed by atoms with E-state index >= 15 is 0 Å². The molecular formula is C13H9Br2ClN2O. The molecule has 2 aromatic rings. The number of hydrogen-bond acceptors (Lipinski definition) is 2. The van der Waals surface area contributed by atoms with Crippen LogP contribution in [0, 0.1) is 6.92 Å². The smallest absolute Gasteiger partial charge is 0.256 e. The Labute approximate surface area is 132 Å². The molecule has 1 amide bonds. The van der Waals surface area contributed by atoms with Gasteiger partial charge in [0.25, 0.3) is 5.91 Å². The van der Waals surface area contributed by atoms with E-state index in [4.69, 9.17) is 11.6 Å². The number of nitrogens with zero attached hydrogens (tertiary/aromatic N) is 1. The van der Waals surface area contributed by atoms with Crippen molar-refractivity contribution in [3.63, 3.8) is 0 Å². The highest BCUT2D eigenvalue weighted by Crippen LogP contribution is 2.25. The third-order valence-electron chi connectivity index (χ3n) is 2.42. The molecule has 98 valence electrons. The average molecular weight is 404 g/mol. The Kier molecular flexibility index (Phi) is 4.60. The van der Waals surface area contributed by atoms with E-state index < -0.39 is 0 Å². The van der Waals surface area contributed by atoms with Crippen LogP contribution in [0.3, 0.4) is 0 Å². The fourth-order valence-corrected chi connectivity index (χ4v) is 2.42.